The largest absolute Gasteiger partial charge is 0.573 e. The number of hydrogen-bond acceptors (Lipinski definition) is 4. The molecule has 0 radical (unpaired) electrons. The Morgan fingerprint density at radius 2 is 1.85 bits per heavy atom. The molecule has 0 saturated heterocycles. The third kappa shape index (κ3) is 5.28. The van der Waals surface area contributed by atoms with Gasteiger partial charge in [-0.3, -0.25) is 9.55 Å². The minimum absolute atomic E-state index is 0.332. The van der Waals surface area contributed by atoms with Gasteiger partial charge in [0.15, 0.2) is 5.82 Å². The molecule has 2 heterocycles. The maximum atomic E-state index is 12.5. The second-order valence-electron chi connectivity index (χ2n) is 6.83. The average molecular weight is 471 g/mol. The third-order valence-electron chi connectivity index (χ3n) is 4.67. The minimum atomic E-state index is -4.77. The predicted molar refractivity (Wildman–Crippen MR) is 128 cm³/mol. The van der Waals surface area contributed by atoms with Gasteiger partial charge in [-0.15, -0.1) is 13.2 Å². The molecule has 34 heavy (non-hydrogen) atoms. The van der Waals surface area contributed by atoms with Crippen LogP contribution >= 0.6 is 0 Å². The summed E-state index contributed by atoms with van der Waals surface area (Å²) in [7, 11) is 0. The number of halogens is 3. The molecule has 10 heteroatoms. The number of alkyl halides is 3. The second-order valence-corrected chi connectivity index (χ2v) is 6.83. The summed E-state index contributed by atoms with van der Waals surface area (Å²) < 4.78 is 42.8. The van der Waals surface area contributed by atoms with Crippen LogP contribution in [0.4, 0.5) is 19.0 Å². The molecule has 0 fully saturated rings. The molecule has 178 valence electrons. The number of benzene rings is 2. The summed E-state index contributed by atoms with van der Waals surface area (Å²) in [5, 5.41) is 0. The molecule has 2 aromatic carbocycles. The maximum Gasteiger partial charge on any atom is 0.573 e. The van der Waals surface area contributed by atoms with Crippen molar-refractivity contribution < 1.29 is 17.9 Å². The predicted octanol–water partition coefficient (Wildman–Crippen LogP) is 6.39. The zero-order valence-electron chi connectivity index (χ0n) is 18.9. The quantitative estimate of drug-likeness (QED) is 0.320. The van der Waals surface area contributed by atoms with Crippen molar-refractivity contribution in [1.82, 2.24) is 19.5 Å². The molecule has 0 bridgehead atoms. The molecule has 0 aliphatic heterocycles. The van der Waals surface area contributed by atoms with Crippen molar-refractivity contribution in [3.05, 3.63) is 64.7 Å². The Balaban J connectivity index is 0.00000158. The number of fused-ring (bicyclic) bond motifs is 1. The number of aromatic amines is 2. The van der Waals surface area contributed by atoms with Crippen molar-refractivity contribution in [3.8, 4) is 22.8 Å². The van der Waals surface area contributed by atoms with Crippen molar-refractivity contribution in [2.45, 2.75) is 33.6 Å². The maximum absolute atomic E-state index is 12.5. The van der Waals surface area contributed by atoms with Gasteiger partial charge in [0.05, 0.1) is 22.4 Å². The van der Waals surface area contributed by atoms with Crippen molar-refractivity contribution in [3.63, 3.8) is 0 Å². The van der Waals surface area contributed by atoms with Crippen LogP contribution in [0.1, 0.15) is 32.9 Å². The molecule has 0 aliphatic rings. The molecule has 4 rings (SSSR count). The summed E-state index contributed by atoms with van der Waals surface area (Å²) in [6.07, 6.45) is -0.269. The van der Waals surface area contributed by atoms with Crippen molar-refractivity contribution in [1.29, 1.82) is 0 Å². The number of nitrogens with one attached hydrogen (secondary N) is 2. The number of ether oxygens (including phenoxy) is 1. The molecule has 0 unspecified atom stereocenters. The Morgan fingerprint density at radius 1 is 1.15 bits per heavy atom. The lowest BCUT2D eigenvalue weighted by Crippen LogP contribution is -2.16. The summed E-state index contributed by atoms with van der Waals surface area (Å²) in [4.78, 5) is 26.4. The number of imidazole rings is 2. The Labute approximate surface area is 193 Å². The molecule has 0 saturated carbocycles. The van der Waals surface area contributed by atoms with E-state index in [1.807, 2.05) is 26.8 Å². The normalized spacial score (nSPS) is 11.5. The van der Waals surface area contributed by atoms with E-state index >= 15 is 0 Å². The summed E-state index contributed by atoms with van der Waals surface area (Å²) in [6.45, 7) is 9.48. The van der Waals surface area contributed by atoms with Gasteiger partial charge in [0, 0.05) is 11.6 Å². The minimum Gasteiger partial charge on any atom is -0.406 e. The van der Waals surface area contributed by atoms with E-state index < -0.39 is 6.36 Å². The van der Waals surface area contributed by atoms with E-state index in [1.54, 1.807) is 30.3 Å². The summed E-state index contributed by atoms with van der Waals surface area (Å²) >= 11 is 0. The molecule has 4 aromatic rings. The van der Waals surface area contributed by atoms with Gasteiger partial charge in [0.1, 0.15) is 11.6 Å². The number of aliphatic imine (C=N–C) groups is 1. The average Bonchev–Trinajstić information content (AvgIpc) is 3.38. The number of aromatic nitrogens is 4. The first kappa shape index (κ1) is 24.6. The molecule has 0 aliphatic carbocycles. The van der Waals surface area contributed by atoms with Crippen LogP contribution in [0.3, 0.4) is 0 Å². The number of nitrogens with zero attached hydrogens (tertiary/aromatic N) is 3. The van der Waals surface area contributed by atoms with Crippen LogP contribution in [-0.2, 0) is 0 Å². The molecular formula is C24H24F3N5O2. The van der Waals surface area contributed by atoms with E-state index in [4.69, 9.17) is 0 Å². The van der Waals surface area contributed by atoms with E-state index in [-0.39, 0.29) is 11.4 Å². The van der Waals surface area contributed by atoms with Gasteiger partial charge in [0.25, 0.3) is 0 Å². The fourth-order valence-electron chi connectivity index (χ4n) is 3.29. The highest BCUT2D eigenvalue weighted by atomic mass is 19.4. The van der Waals surface area contributed by atoms with Gasteiger partial charge in [0.2, 0.25) is 0 Å². The highest BCUT2D eigenvalue weighted by Crippen LogP contribution is 2.28. The first-order valence-corrected chi connectivity index (χ1v) is 10.6. The lowest BCUT2D eigenvalue weighted by molar-refractivity contribution is -0.274. The van der Waals surface area contributed by atoms with Gasteiger partial charge in [-0.25, -0.2) is 14.8 Å². The Morgan fingerprint density at radius 3 is 2.47 bits per heavy atom. The van der Waals surface area contributed by atoms with Crippen LogP contribution in [0.2, 0.25) is 0 Å². The van der Waals surface area contributed by atoms with Gasteiger partial charge < -0.3 is 9.72 Å². The van der Waals surface area contributed by atoms with Gasteiger partial charge >= 0.3 is 12.1 Å². The molecule has 0 spiro atoms. The summed E-state index contributed by atoms with van der Waals surface area (Å²) in [5.74, 6) is 0.510. The van der Waals surface area contributed by atoms with Crippen LogP contribution in [0.15, 0.2) is 58.3 Å². The smallest absolute Gasteiger partial charge is 0.406 e. The number of H-pyrrole nitrogens is 2. The Hall–Kier alpha value is -4.08. The first-order chi connectivity index (χ1) is 16.3. The third-order valence-corrected chi connectivity index (χ3v) is 4.67. The highest BCUT2D eigenvalue weighted by molar-refractivity contribution is 5.81. The fourth-order valence-corrected chi connectivity index (χ4v) is 3.29. The van der Waals surface area contributed by atoms with Crippen molar-refractivity contribution >= 4 is 29.6 Å². The Bertz CT molecular complexity index is 1360. The second kappa shape index (κ2) is 10.2. The van der Waals surface area contributed by atoms with Gasteiger partial charge in [-0.05, 0) is 55.6 Å². The molecule has 0 amide bonds. The zero-order chi connectivity index (χ0) is 24.9. The Kier molecular flexibility index (Phi) is 7.40. The van der Waals surface area contributed by atoms with Crippen molar-refractivity contribution in [2.75, 3.05) is 0 Å². The van der Waals surface area contributed by atoms with E-state index in [0.717, 1.165) is 6.42 Å². The molecule has 2 aromatic heterocycles. The first-order valence-electron chi connectivity index (χ1n) is 10.6. The molecule has 7 nitrogen and oxygen atoms in total. The van der Waals surface area contributed by atoms with E-state index in [0.29, 0.717) is 39.6 Å². The van der Waals surface area contributed by atoms with Crippen LogP contribution in [0, 0.1) is 0 Å². The molecule has 0 atom stereocenters. The lowest BCUT2D eigenvalue weighted by Gasteiger charge is -2.07. The van der Waals surface area contributed by atoms with Crippen LogP contribution in [0.25, 0.3) is 34.2 Å². The van der Waals surface area contributed by atoms with Gasteiger partial charge in [-0.2, -0.15) is 0 Å². The number of allylic oxidation sites excluding steroid dienone is 1. The van der Waals surface area contributed by atoms with Crippen molar-refractivity contribution in [2.24, 2.45) is 4.99 Å². The topological polar surface area (TPSA) is 88.1 Å². The standard InChI is InChI=1S/C22H18F3N5O2.C2H6/c1-3-4-5-18-20(26-2)29-21(31)30(18)14-8-6-13(7-9-14)19-27-16-11-10-15(12-17(16)28-19)32-22(23,24)25;1-2/h4-12H,2-3H2,1H3,(H,27,28)(H,29,31);1-2H3/b5-4-;. The van der Waals surface area contributed by atoms with E-state index in [1.165, 1.54) is 22.8 Å². The highest BCUT2D eigenvalue weighted by Gasteiger charge is 2.31. The van der Waals surface area contributed by atoms with Crippen LogP contribution in [-0.4, -0.2) is 32.6 Å². The molecule has 2 N–H and O–H groups in total. The summed E-state index contributed by atoms with van der Waals surface area (Å²) in [5.41, 5.74) is 2.44. The van der Waals surface area contributed by atoms with Gasteiger partial charge in [-0.1, -0.05) is 26.8 Å². The zero-order valence-corrected chi connectivity index (χ0v) is 18.9. The number of rotatable bonds is 6. The van der Waals surface area contributed by atoms with E-state index in [2.05, 4.69) is 31.4 Å². The summed E-state index contributed by atoms with van der Waals surface area (Å²) in [6, 6.07) is 10.9. The number of hydrogen-bond donors (Lipinski definition) is 2. The van der Waals surface area contributed by atoms with E-state index in [9.17, 15) is 18.0 Å². The van der Waals surface area contributed by atoms with Crippen LogP contribution in [0.5, 0.6) is 5.75 Å². The SMILES string of the molecule is C=Nc1[nH]c(=O)n(-c2ccc(-c3nc4ccc(OC(F)(F)F)cc4[nH]3)cc2)c1/C=C\CC.CC. The lowest BCUT2D eigenvalue weighted by atomic mass is 10.2. The van der Waals surface area contributed by atoms with Crippen LogP contribution < -0.4 is 10.4 Å². The monoisotopic (exact) mass is 471 g/mol. The fraction of sp³-hybridized carbons (Fsp3) is 0.208. The molecular weight excluding hydrogens is 447 g/mol.